The van der Waals surface area contributed by atoms with E-state index in [1.807, 2.05) is 6.92 Å². The second kappa shape index (κ2) is 5.11. The van der Waals surface area contributed by atoms with Gasteiger partial charge in [0.05, 0.1) is 0 Å². The molecule has 1 aliphatic rings. The van der Waals surface area contributed by atoms with Crippen molar-refractivity contribution in [2.75, 3.05) is 6.54 Å². The van der Waals surface area contributed by atoms with Crippen molar-refractivity contribution in [3.05, 3.63) is 0 Å². The van der Waals surface area contributed by atoms with E-state index >= 15 is 0 Å². The zero-order valence-corrected chi connectivity index (χ0v) is 8.98. The summed E-state index contributed by atoms with van der Waals surface area (Å²) in [5.41, 5.74) is 5.43. The fourth-order valence-corrected chi connectivity index (χ4v) is 1.83. The lowest BCUT2D eigenvalue weighted by molar-refractivity contribution is -0.140. The van der Waals surface area contributed by atoms with E-state index in [4.69, 9.17) is 10.8 Å². The van der Waals surface area contributed by atoms with E-state index in [-0.39, 0.29) is 18.5 Å². The number of hydrogen-bond donors (Lipinski definition) is 2. The fourth-order valence-electron chi connectivity index (χ4n) is 1.83. The van der Waals surface area contributed by atoms with Crippen molar-refractivity contribution >= 4 is 11.9 Å². The maximum absolute atomic E-state index is 11.7. The Hall–Kier alpha value is -1.10. The fraction of sp³-hybridized carbons (Fsp3) is 0.800. The summed E-state index contributed by atoms with van der Waals surface area (Å²) in [6.45, 7) is 2.06. The van der Waals surface area contributed by atoms with Gasteiger partial charge in [0.15, 0.2) is 0 Å². The van der Waals surface area contributed by atoms with Crippen LogP contribution in [0.15, 0.2) is 0 Å². The summed E-state index contributed by atoms with van der Waals surface area (Å²) in [6, 6.07) is -0.875. The van der Waals surface area contributed by atoms with E-state index < -0.39 is 12.0 Å². The maximum Gasteiger partial charge on any atom is 0.322 e. The van der Waals surface area contributed by atoms with Gasteiger partial charge >= 0.3 is 5.97 Å². The number of carbonyl (C=O) groups is 2. The summed E-state index contributed by atoms with van der Waals surface area (Å²) in [5, 5.41) is 8.69. The molecule has 1 rings (SSSR count). The Balaban J connectivity index is 2.62. The van der Waals surface area contributed by atoms with Gasteiger partial charge in [-0.25, -0.2) is 0 Å². The molecule has 3 N–H and O–H groups in total. The Morgan fingerprint density at radius 1 is 1.67 bits per heavy atom. The molecule has 2 atom stereocenters. The highest BCUT2D eigenvalue weighted by atomic mass is 16.4. The van der Waals surface area contributed by atoms with E-state index in [9.17, 15) is 9.59 Å². The minimum absolute atomic E-state index is 0.0247. The maximum atomic E-state index is 11.7. The van der Waals surface area contributed by atoms with Gasteiger partial charge in [-0.15, -0.1) is 0 Å². The molecule has 0 radical (unpaired) electrons. The third-order valence-electron chi connectivity index (χ3n) is 2.83. The largest absolute Gasteiger partial charge is 0.480 e. The first-order valence-corrected chi connectivity index (χ1v) is 5.30. The van der Waals surface area contributed by atoms with Crippen molar-refractivity contribution in [2.45, 2.75) is 44.7 Å². The first kappa shape index (κ1) is 12.0. The van der Waals surface area contributed by atoms with Crippen LogP contribution >= 0.6 is 0 Å². The highest BCUT2D eigenvalue weighted by Crippen LogP contribution is 2.17. The third kappa shape index (κ3) is 3.20. The highest BCUT2D eigenvalue weighted by Gasteiger charge is 2.26. The highest BCUT2D eigenvalue weighted by molar-refractivity contribution is 5.79. The zero-order chi connectivity index (χ0) is 11.4. The molecule has 0 aliphatic carbocycles. The number of carboxylic acid groups (broad SMARTS) is 1. The number of amides is 1. The molecule has 0 aromatic heterocycles. The van der Waals surface area contributed by atoms with Crippen LogP contribution in [0.25, 0.3) is 0 Å². The molecule has 5 heteroatoms. The third-order valence-corrected chi connectivity index (χ3v) is 2.83. The molecule has 1 aliphatic heterocycles. The Morgan fingerprint density at radius 2 is 2.33 bits per heavy atom. The molecule has 0 spiro atoms. The number of carbonyl (C=O) groups excluding carboxylic acids is 1. The summed E-state index contributed by atoms with van der Waals surface area (Å²) in [4.78, 5) is 23.9. The summed E-state index contributed by atoms with van der Waals surface area (Å²) in [5.74, 6) is -1.03. The van der Waals surface area contributed by atoms with Crippen molar-refractivity contribution in [3.8, 4) is 0 Å². The van der Waals surface area contributed by atoms with Crippen LogP contribution in [0.4, 0.5) is 0 Å². The molecule has 15 heavy (non-hydrogen) atoms. The molecule has 0 bridgehead atoms. The normalized spacial score (nSPS) is 24.8. The summed E-state index contributed by atoms with van der Waals surface area (Å²) in [6.07, 6.45) is 3.35. The predicted octanol–water partition coefficient (Wildman–Crippen LogP) is 0.189. The molecule has 1 fully saturated rings. The van der Waals surface area contributed by atoms with E-state index in [1.54, 1.807) is 4.90 Å². The quantitative estimate of drug-likeness (QED) is 0.702. The second-order valence-electron chi connectivity index (χ2n) is 4.09. The number of nitrogens with two attached hydrogens (primary N) is 1. The van der Waals surface area contributed by atoms with E-state index in [0.29, 0.717) is 6.42 Å². The van der Waals surface area contributed by atoms with Crippen LogP contribution in [0, 0.1) is 0 Å². The minimum atomic E-state index is -1.06. The average molecular weight is 214 g/mol. The SMILES string of the molecule is CC1CCCCC(=O)N1CC(N)C(=O)O. The predicted molar refractivity (Wildman–Crippen MR) is 55.3 cm³/mol. The second-order valence-corrected chi connectivity index (χ2v) is 4.09. The first-order chi connectivity index (χ1) is 7.02. The topological polar surface area (TPSA) is 83.6 Å². The molecular formula is C10H18N2O3. The van der Waals surface area contributed by atoms with Gasteiger partial charge in [0.25, 0.3) is 0 Å². The van der Waals surface area contributed by atoms with Crippen LogP contribution in [0.1, 0.15) is 32.6 Å². The lowest BCUT2D eigenvalue weighted by Crippen LogP contribution is -2.48. The van der Waals surface area contributed by atoms with Crippen LogP contribution in [-0.4, -0.2) is 40.5 Å². The lowest BCUT2D eigenvalue weighted by atomic mass is 10.1. The molecule has 1 amide bonds. The standard InChI is InChI=1S/C10H18N2O3/c1-7-4-2-3-5-9(13)12(7)6-8(11)10(14)15/h7-8H,2-6,11H2,1H3,(H,14,15). The van der Waals surface area contributed by atoms with Crippen molar-refractivity contribution in [3.63, 3.8) is 0 Å². The van der Waals surface area contributed by atoms with Crippen LogP contribution in [0.2, 0.25) is 0 Å². The average Bonchev–Trinajstić information content (AvgIpc) is 2.32. The van der Waals surface area contributed by atoms with Gasteiger partial charge in [-0.2, -0.15) is 0 Å². The Kier molecular flexibility index (Phi) is 4.08. The van der Waals surface area contributed by atoms with Crippen LogP contribution in [0.5, 0.6) is 0 Å². The number of likely N-dealkylation sites (tertiary alicyclic amines) is 1. The van der Waals surface area contributed by atoms with E-state index in [1.165, 1.54) is 0 Å². The number of rotatable bonds is 3. The van der Waals surface area contributed by atoms with Crippen molar-refractivity contribution < 1.29 is 14.7 Å². The van der Waals surface area contributed by atoms with Crippen molar-refractivity contribution in [1.82, 2.24) is 4.90 Å². The van der Waals surface area contributed by atoms with Gasteiger partial charge in [-0.05, 0) is 19.8 Å². The molecule has 0 saturated carbocycles. The van der Waals surface area contributed by atoms with Gasteiger partial charge in [-0.1, -0.05) is 6.42 Å². The smallest absolute Gasteiger partial charge is 0.322 e. The van der Waals surface area contributed by atoms with Gasteiger partial charge in [0.2, 0.25) is 5.91 Å². The molecule has 86 valence electrons. The Labute approximate surface area is 89.2 Å². The monoisotopic (exact) mass is 214 g/mol. The number of carboxylic acids is 1. The first-order valence-electron chi connectivity index (χ1n) is 5.30. The molecular weight excluding hydrogens is 196 g/mol. The van der Waals surface area contributed by atoms with Gasteiger partial charge in [0.1, 0.15) is 6.04 Å². The summed E-state index contributed by atoms with van der Waals surface area (Å²) < 4.78 is 0. The number of nitrogens with zero attached hydrogens (tertiary/aromatic N) is 1. The number of aliphatic carboxylic acids is 1. The molecule has 1 heterocycles. The molecule has 0 aromatic rings. The summed E-state index contributed by atoms with van der Waals surface area (Å²) in [7, 11) is 0. The Bertz CT molecular complexity index is 255. The summed E-state index contributed by atoms with van der Waals surface area (Å²) >= 11 is 0. The van der Waals surface area contributed by atoms with Gasteiger partial charge in [-0.3, -0.25) is 9.59 Å². The van der Waals surface area contributed by atoms with Gasteiger partial charge in [0, 0.05) is 19.0 Å². The zero-order valence-electron chi connectivity index (χ0n) is 8.98. The van der Waals surface area contributed by atoms with Crippen LogP contribution in [0.3, 0.4) is 0 Å². The van der Waals surface area contributed by atoms with Crippen molar-refractivity contribution in [2.24, 2.45) is 5.73 Å². The van der Waals surface area contributed by atoms with Gasteiger partial charge < -0.3 is 15.7 Å². The lowest BCUT2D eigenvalue weighted by Gasteiger charge is -2.28. The molecule has 1 saturated heterocycles. The van der Waals surface area contributed by atoms with E-state index in [2.05, 4.69) is 0 Å². The van der Waals surface area contributed by atoms with Crippen LogP contribution in [-0.2, 0) is 9.59 Å². The minimum Gasteiger partial charge on any atom is -0.480 e. The molecule has 5 nitrogen and oxygen atoms in total. The molecule has 2 unspecified atom stereocenters. The van der Waals surface area contributed by atoms with Crippen molar-refractivity contribution in [1.29, 1.82) is 0 Å². The molecule has 0 aromatic carbocycles. The van der Waals surface area contributed by atoms with Crippen LogP contribution < -0.4 is 5.73 Å². The Morgan fingerprint density at radius 3 is 2.93 bits per heavy atom. The number of hydrogen-bond acceptors (Lipinski definition) is 3. The van der Waals surface area contributed by atoms with E-state index in [0.717, 1.165) is 19.3 Å².